The van der Waals surface area contributed by atoms with E-state index in [0.717, 1.165) is 0 Å². The van der Waals surface area contributed by atoms with Crippen molar-refractivity contribution in [3.63, 3.8) is 0 Å². The standard InChI is InChI=1S/C9H7S2/c1-10-8-3-2-7-4-5-11-9(7)6-8/h2-3,5-6H,1H3. The zero-order valence-corrected chi connectivity index (χ0v) is 7.76. The van der Waals surface area contributed by atoms with E-state index in [9.17, 15) is 0 Å². The molecule has 1 heterocycles. The van der Waals surface area contributed by atoms with Crippen LogP contribution in [0, 0.1) is 6.07 Å². The van der Waals surface area contributed by atoms with Gasteiger partial charge in [-0.05, 0) is 23.8 Å². The summed E-state index contributed by atoms with van der Waals surface area (Å²) in [5, 5.41) is 3.24. The van der Waals surface area contributed by atoms with Crippen LogP contribution >= 0.6 is 23.1 Å². The molecule has 0 amide bonds. The van der Waals surface area contributed by atoms with E-state index in [1.807, 2.05) is 5.38 Å². The third-order valence-corrected chi connectivity index (χ3v) is 3.14. The maximum Gasteiger partial charge on any atom is 0.0360 e. The van der Waals surface area contributed by atoms with Crippen LogP contribution in [0.25, 0.3) is 10.1 Å². The van der Waals surface area contributed by atoms with Gasteiger partial charge >= 0.3 is 0 Å². The summed E-state index contributed by atoms with van der Waals surface area (Å²) in [6.07, 6.45) is 2.10. The molecule has 0 aliphatic rings. The van der Waals surface area contributed by atoms with E-state index < -0.39 is 0 Å². The van der Waals surface area contributed by atoms with Gasteiger partial charge in [-0.25, -0.2) is 0 Å². The summed E-state index contributed by atoms with van der Waals surface area (Å²) in [6, 6.07) is 9.65. The van der Waals surface area contributed by atoms with Crippen molar-refractivity contribution >= 4 is 33.2 Å². The van der Waals surface area contributed by atoms with Gasteiger partial charge in [0.25, 0.3) is 0 Å². The lowest BCUT2D eigenvalue weighted by molar-refractivity contribution is 1.53. The zero-order chi connectivity index (χ0) is 7.68. The molecule has 55 valence electrons. The lowest BCUT2D eigenvalue weighted by Crippen LogP contribution is -1.66. The van der Waals surface area contributed by atoms with Crippen molar-refractivity contribution in [3.8, 4) is 0 Å². The molecule has 0 spiro atoms. The minimum absolute atomic E-state index is 1.23. The van der Waals surface area contributed by atoms with Crippen LogP contribution in [-0.4, -0.2) is 6.26 Å². The highest BCUT2D eigenvalue weighted by atomic mass is 32.2. The molecule has 2 rings (SSSR count). The Morgan fingerprint density at radius 1 is 1.45 bits per heavy atom. The van der Waals surface area contributed by atoms with Gasteiger partial charge < -0.3 is 0 Å². The molecule has 0 saturated heterocycles. The Morgan fingerprint density at radius 2 is 2.36 bits per heavy atom. The molecule has 0 fully saturated rings. The maximum absolute atomic E-state index is 3.18. The van der Waals surface area contributed by atoms with Gasteiger partial charge in [-0.2, -0.15) is 0 Å². The maximum atomic E-state index is 3.18. The molecular formula is C9H7S2. The van der Waals surface area contributed by atoms with Crippen molar-refractivity contribution in [2.24, 2.45) is 0 Å². The molecule has 2 heteroatoms. The van der Waals surface area contributed by atoms with E-state index in [2.05, 4.69) is 30.5 Å². The zero-order valence-electron chi connectivity index (χ0n) is 6.13. The Morgan fingerprint density at radius 3 is 3.18 bits per heavy atom. The van der Waals surface area contributed by atoms with Crippen LogP contribution in [0.3, 0.4) is 0 Å². The van der Waals surface area contributed by atoms with E-state index in [0.29, 0.717) is 0 Å². The second-order valence-electron chi connectivity index (χ2n) is 2.24. The Bertz CT molecular complexity index is 362. The smallest absolute Gasteiger partial charge is 0.0360 e. The normalized spacial score (nSPS) is 10.6. The molecular weight excluding hydrogens is 172 g/mol. The van der Waals surface area contributed by atoms with E-state index in [4.69, 9.17) is 0 Å². The van der Waals surface area contributed by atoms with Gasteiger partial charge in [-0.3, -0.25) is 0 Å². The average Bonchev–Trinajstić information content (AvgIpc) is 2.50. The topological polar surface area (TPSA) is 0 Å². The number of rotatable bonds is 1. The fraction of sp³-hybridized carbons (Fsp3) is 0.111. The molecule has 0 N–H and O–H groups in total. The van der Waals surface area contributed by atoms with E-state index in [1.165, 1.54) is 15.0 Å². The van der Waals surface area contributed by atoms with Gasteiger partial charge in [0, 0.05) is 21.0 Å². The average molecular weight is 179 g/mol. The van der Waals surface area contributed by atoms with Crippen molar-refractivity contribution in [3.05, 3.63) is 29.6 Å². The molecule has 0 aliphatic heterocycles. The third kappa shape index (κ3) is 1.28. The van der Waals surface area contributed by atoms with Crippen molar-refractivity contribution in [2.45, 2.75) is 4.90 Å². The summed E-state index contributed by atoms with van der Waals surface area (Å²) in [4.78, 5) is 1.33. The van der Waals surface area contributed by atoms with Gasteiger partial charge in [0.15, 0.2) is 0 Å². The largest absolute Gasteiger partial charge is 0.143 e. The predicted octanol–water partition coefficient (Wildman–Crippen LogP) is 3.42. The van der Waals surface area contributed by atoms with Crippen LogP contribution in [0.1, 0.15) is 0 Å². The van der Waals surface area contributed by atoms with E-state index in [1.54, 1.807) is 23.1 Å². The van der Waals surface area contributed by atoms with Crippen LogP contribution in [0.2, 0.25) is 0 Å². The molecule has 1 aromatic carbocycles. The number of fused-ring (bicyclic) bond motifs is 1. The number of hydrogen-bond acceptors (Lipinski definition) is 2. The monoisotopic (exact) mass is 179 g/mol. The first-order chi connectivity index (χ1) is 5.40. The first-order valence-electron chi connectivity index (χ1n) is 3.33. The van der Waals surface area contributed by atoms with Crippen LogP contribution in [0.15, 0.2) is 28.5 Å². The number of hydrogen-bond donors (Lipinski definition) is 0. The molecule has 1 radical (unpaired) electrons. The second-order valence-corrected chi connectivity index (χ2v) is 4.03. The highest BCUT2D eigenvalue weighted by Crippen LogP contribution is 2.25. The number of thiophene rings is 1. The van der Waals surface area contributed by atoms with Gasteiger partial charge in [0.2, 0.25) is 0 Å². The molecule has 0 unspecified atom stereocenters. The first-order valence-corrected chi connectivity index (χ1v) is 5.43. The summed E-state index contributed by atoms with van der Waals surface area (Å²) < 4.78 is 1.33. The second kappa shape index (κ2) is 2.88. The summed E-state index contributed by atoms with van der Waals surface area (Å²) in [5.74, 6) is 0. The quantitative estimate of drug-likeness (QED) is 0.604. The van der Waals surface area contributed by atoms with E-state index >= 15 is 0 Å². The van der Waals surface area contributed by atoms with E-state index in [-0.39, 0.29) is 0 Å². The Hall–Kier alpha value is -0.470. The van der Waals surface area contributed by atoms with Gasteiger partial charge in [0.1, 0.15) is 0 Å². The Balaban J connectivity index is 2.67. The number of benzene rings is 1. The van der Waals surface area contributed by atoms with Crippen molar-refractivity contribution in [1.29, 1.82) is 0 Å². The highest BCUT2D eigenvalue weighted by molar-refractivity contribution is 7.98. The molecule has 2 aromatic rings. The summed E-state index contributed by atoms with van der Waals surface area (Å²) >= 11 is 3.53. The highest BCUT2D eigenvalue weighted by Gasteiger charge is 1.95. The minimum Gasteiger partial charge on any atom is -0.143 e. The Kier molecular flexibility index (Phi) is 1.88. The molecule has 0 bridgehead atoms. The fourth-order valence-electron chi connectivity index (χ4n) is 1.00. The third-order valence-electron chi connectivity index (χ3n) is 1.59. The Labute approximate surface area is 74.2 Å². The fourth-order valence-corrected chi connectivity index (χ4v) is 2.28. The lowest BCUT2D eigenvalue weighted by Gasteiger charge is -1.93. The minimum atomic E-state index is 1.23. The lowest BCUT2D eigenvalue weighted by atomic mass is 10.3. The summed E-state index contributed by atoms with van der Waals surface area (Å²) in [5.41, 5.74) is 0. The van der Waals surface area contributed by atoms with Crippen LogP contribution in [-0.2, 0) is 0 Å². The summed E-state index contributed by atoms with van der Waals surface area (Å²) in [7, 11) is 0. The summed E-state index contributed by atoms with van der Waals surface area (Å²) in [6.45, 7) is 0. The van der Waals surface area contributed by atoms with Crippen molar-refractivity contribution < 1.29 is 0 Å². The molecule has 0 atom stereocenters. The molecule has 11 heavy (non-hydrogen) atoms. The van der Waals surface area contributed by atoms with Gasteiger partial charge in [0.05, 0.1) is 0 Å². The van der Waals surface area contributed by atoms with Crippen LogP contribution in [0.4, 0.5) is 0 Å². The van der Waals surface area contributed by atoms with Crippen molar-refractivity contribution in [1.82, 2.24) is 0 Å². The SMILES string of the molecule is CSc1ccc2[c]csc2c1. The molecule has 0 saturated carbocycles. The van der Waals surface area contributed by atoms with Crippen LogP contribution < -0.4 is 0 Å². The predicted molar refractivity (Wildman–Crippen MR) is 52.4 cm³/mol. The van der Waals surface area contributed by atoms with Gasteiger partial charge in [-0.15, -0.1) is 23.1 Å². The van der Waals surface area contributed by atoms with Crippen molar-refractivity contribution in [2.75, 3.05) is 6.26 Å². The molecule has 0 aliphatic carbocycles. The van der Waals surface area contributed by atoms with Crippen LogP contribution in [0.5, 0.6) is 0 Å². The number of thioether (sulfide) groups is 1. The molecule has 0 nitrogen and oxygen atoms in total. The molecule has 1 aromatic heterocycles. The van der Waals surface area contributed by atoms with Gasteiger partial charge in [-0.1, -0.05) is 6.07 Å². The first kappa shape index (κ1) is 7.19.